The van der Waals surface area contributed by atoms with Crippen molar-refractivity contribution in [1.29, 1.82) is 0 Å². The number of nitrogens with zero attached hydrogens (tertiary/aromatic N) is 2. The van der Waals surface area contributed by atoms with Crippen molar-refractivity contribution < 1.29 is 5.11 Å². The van der Waals surface area contributed by atoms with Gasteiger partial charge in [0.25, 0.3) is 5.56 Å². The van der Waals surface area contributed by atoms with E-state index in [1.54, 1.807) is 6.92 Å². The molecule has 0 saturated carbocycles. The summed E-state index contributed by atoms with van der Waals surface area (Å²) in [5.41, 5.74) is -0.151. The molecule has 1 aromatic rings. The molecule has 1 rings (SSSR count). The third-order valence-corrected chi connectivity index (χ3v) is 2.89. The molecule has 0 radical (unpaired) electrons. The second-order valence-electron chi connectivity index (χ2n) is 3.88. The van der Waals surface area contributed by atoms with Crippen LogP contribution in [-0.2, 0) is 6.54 Å². The first-order valence-electron chi connectivity index (χ1n) is 4.83. The molecule has 0 saturated heterocycles. The maximum absolute atomic E-state index is 11.7. The van der Waals surface area contributed by atoms with E-state index in [0.717, 1.165) is 0 Å². The molecule has 0 spiro atoms. The van der Waals surface area contributed by atoms with Gasteiger partial charge in [-0.1, -0.05) is 13.8 Å². The van der Waals surface area contributed by atoms with E-state index in [-0.39, 0.29) is 18.0 Å². The average Bonchev–Trinajstić information content (AvgIpc) is 2.18. The highest BCUT2D eigenvalue weighted by Gasteiger charge is 2.13. The Morgan fingerprint density at radius 2 is 2.20 bits per heavy atom. The number of hydrogen-bond acceptors (Lipinski definition) is 3. The van der Waals surface area contributed by atoms with E-state index in [2.05, 4.69) is 20.9 Å². The van der Waals surface area contributed by atoms with Crippen LogP contribution < -0.4 is 5.56 Å². The normalized spacial score (nSPS) is 13.2. The minimum absolute atomic E-state index is 0.121. The molecule has 0 aliphatic rings. The smallest absolute Gasteiger partial charge is 0.267 e. The Morgan fingerprint density at radius 3 is 2.73 bits per heavy atom. The summed E-state index contributed by atoms with van der Waals surface area (Å²) in [4.78, 5) is 15.8. The Bertz CT molecular complexity index is 401. The van der Waals surface area contributed by atoms with Crippen LogP contribution in [0.4, 0.5) is 0 Å². The standard InChI is InChI=1S/C10H15BrN2O2/c1-6(2)9(14)5-13-7(3)12-4-8(11)10(13)15/h4,6,9,14H,5H2,1-3H3. The van der Waals surface area contributed by atoms with Crippen LogP contribution in [0.3, 0.4) is 0 Å². The number of aryl methyl sites for hydroxylation is 1. The van der Waals surface area contributed by atoms with E-state index in [1.807, 2.05) is 13.8 Å². The van der Waals surface area contributed by atoms with Crippen molar-refractivity contribution in [1.82, 2.24) is 9.55 Å². The van der Waals surface area contributed by atoms with Crippen molar-refractivity contribution in [2.45, 2.75) is 33.4 Å². The van der Waals surface area contributed by atoms with E-state index in [4.69, 9.17) is 0 Å². The van der Waals surface area contributed by atoms with Crippen molar-refractivity contribution in [3.8, 4) is 0 Å². The average molecular weight is 275 g/mol. The fourth-order valence-corrected chi connectivity index (χ4v) is 1.48. The lowest BCUT2D eigenvalue weighted by Crippen LogP contribution is -2.31. The zero-order chi connectivity index (χ0) is 11.6. The van der Waals surface area contributed by atoms with Crippen LogP contribution in [0.15, 0.2) is 15.5 Å². The molecule has 1 heterocycles. The second kappa shape index (κ2) is 4.90. The summed E-state index contributed by atoms with van der Waals surface area (Å²) in [5.74, 6) is 0.734. The van der Waals surface area contributed by atoms with Crippen LogP contribution in [0.25, 0.3) is 0 Å². The summed E-state index contributed by atoms with van der Waals surface area (Å²) in [6.07, 6.45) is 0.952. The predicted molar refractivity (Wildman–Crippen MR) is 61.8 cm³/mol. The number of halogens is 1. The molecule has 0 fully saturated rings. The Morgan fingerprint density at radius 1 is 1.60 bits per heavy atom. The Hall–Kier alpha value is -0.680. The van der Waals surface area contributed by atoms with Crippen molar-refractivity contribution in [3.63, 3.8) is 0 Å². The van der Waals surface area contributed by atoms with Gasteiger partial charge in [-0.2, -0.15) is 0 Å². The minimum atomic E-state index is -0.530. The summed E-state index contributed by atoms with van der Waals surface area (Å²) in [7, 11) is 0. The van der Waals surface area contributed by atoms with Crippen LogP contribution in [0.5, 0.6) is 0 Å². The fourth-order valence-electron chi connectivity index (χ4n) is 1.16. The number of aliphatic hydroxyl groups excluding tert-OH is 1. The van der Waals surface area contributed by atoms with Crippen LogP contribution in [0.2, 0.25) is 0 Å². The monoisotopic (exact) mass is 274 g/mol. The fraction of sp³-hybridized carbons (Fsp3) is 0.600. The quantitative estimate of drug-likeness (QED) is 0.905. The van der Waals surface area contributed by atoms with Gasteiger partial charge in [0.2, 0.25) is 0 Å². The minimum Gasteiger partial charge on any atom is -0.391 e. The van der Waals surface area contributed by atoms with E-state index in [1.165, 1.54) is 10.8 Å². The molecule has 0 aliphatic carbocycles. The molecule has 5 heteroatoms. The van der Waals surface area contributed by atoms with Gasteiger partial charge in [0.05, 0.1) is 12.6 Å². The third-order valence-electron chi connectivity index (χ3n) is 2.34. The number of rotatable bonds is 3. The maximum atomic E-state index is 11.7. The molecule has 1 N–H and O–H groups in total. The number of aliphatic hydroxyl groups is 1. The van der Waals surface area contributed by atoms with Crippen LogP contribution in [0.1, 0.15) is 19.7 Å². The van der Waals surface area contributed by atoms with E-state index < -0.39 is 6.10 Å². The number of hydrogen-bond donors (Lipinski definition) is 1. The molecule has 0 bridgehead atoms. The van der Waals surface area contributed by atoms with Crippen LogP contribution >= 0.6 is 15.9 Å². The van der Waals surface area contributed by atoms with E-state index in [0.29, 0.717) is 10.3 Å². The Balaban J connectivity index is 3.04. The van der Waals surface area contributed by atoms with Gasteiger partial charge >= 0.3 is 0 Å². The first kappa shape index (κ1) is 12.4. The first-order valence-corrected chi connectivity index (χ1v) is 5.62. The molecule has 1 atom stereocenters. The van der Waals surface area contributed by atoms with Crippen molar-refractivity contribution >= 4 is 15.9 Å². The van der Waals surface area contributed by atoms with Gasteiger partial charge in [-0.05, 0) is 28.8 Å². The lowest BCUT2D eigenvalue weighted by Gasteiger charge is -2.17. The van der Waals surface area contributed by atoms with Gasteiger partial charge in [0.1, 0.15) is 10.3 Å². The summed E-state index contributed by atoms with van der Waals surface area (Å²) >= 11 is 3.13. The topological polar surface area (TPSA) is 55.1 Å². The molecule has 15 heavy (non-hydrogen) atoms. The van der Waals surface area contributed by atoms with Gasteiger partial charge in [0.15, 0.2) is 0 Å². The first-order chi connectivity index (χ1) is 6.93. The van der Waals surface area contributed by atoms with Gasteiger partial charge in [0, 0.05) is 6.20 Å². The molecule has 0 aromatic carbocycles. The molecule has 0 aliphatic heterocycles. The summed E-state index contributed by atoms with van der Waals surface area (Å²) in [6.45, 7) is 5.86. The lowest BCUT2D eigenvalue weighted by molar-refractivity contribution is 0.104. The lowest BCUT2D eigenvalue weighted by atomic mass is 10.1. The predicted octanol–water partition coefficient (Wildman–Crippen LogP) is 1.33. The largest absolute Gasteiger partial charge is 0.391 e. The van der Waals surface area contributed by atoms with Gasteiger partial charge in [-0.3, -0.25) is 9.36 Å². The van der Waals surface area contributed by atoms with Gasteiger partial charge < -0.3 is 5.11 Å². The SMILES string of the molecule is Cc1ncc(Br)c(=O)n1CC(O)C(C)C. The molecular formula is C10H15BrN2O2. The van der Waals surface area contributed by atoms with Crippen molar-refractivity contribution in [2.24, 2.45) is 5.92 Å². The zero-order valence-electron chi connectivity index (χ0n) is 9.07. The van der Waals surface area contributed by atoms with E-state index >= 15 is 0 Å². The van der Waals surface area contributed by atoms with Crippen molar-refractivity contribution in [3.05, 3.63) is 26.8 Å². The molecule has 1 unspecified atom stereocenters. The molecule has 0 amide bonds. The summed E-state index contributed by atoms with van der Waals surface area (Å²) < 4.78 is 1.90. The third kappa shape index (κ3) is 2.89. The second-order valence-corrected chi connectivity index (χ2v) is 4.73. The van der Waals surface area contributed by atoms with Gasteiger partial charge in [-0.25, -0.2) is 4.98 Å². The highest BCUT2D eigenvalue weighted by molar-refractivity contribution is 9.10. The van der Waals surface area contributed by atoms with Crippen LogP contribution in [0, 0.1) is 12.8 Å². The molecular weight excluding hydrogens is 260 g/mol. The highest BCUT2D eigenvalue weighted by Crippen LogP contribution is 2.06. The summed E-state index contributed by atoms with van der Waals surface area (Å²) in [5, 5.41) is 9.72. The Kier molecular flexibility index (Phi) is 4.04. The maximum Gasteiger partial charge on any atom is 0.267 e. The van der Waals surface area contributed by atoms with Crippen molar-refractivity contribution in [2.75, 3.05) is 0 Å². The molecule has 84 valence electrons. The number of aromatic nitrogens is 2. The molecule has 1 aromatic heterocycles. The molecule has 4 nitrogen and oxygen atoms in total. The highest BCUT2D eigenvalue weighted by atomic mass is 79.9. The summed E-state index contributed by atoms with van der Waals surface area (Å²) in [6, 6.07) is 0. The van der Waals surface area contributed by atoms with Gasteiger partial charge in [-0.15, -0.1) is 0 Å². The zero-order valence-corrected chi connectivity index (χ0v) is 10.7. The van der Waals surface area contributed by atoms with E-state index in [9.17, 15) is 9.90 Å². The van der Waals surface area contributed by atoms with Crippen LogP contribution in [-0.4, -0.2) is 20.8 Å². The Labute approximate surface area is 97.1 Å².